The lowest BCUT2D eigenvalue weighted by atomic mass is 9.77. The van der Waals surface area contributed by atoms with E-state index < -0.39 is 96.0 Å². The second kappa shape index (κ2) is 33.0. The van der Waals surface area contributed by atoms with Gasteiger partial charge in [0.15, 0.2) is 12.6 Å². The highest BCUT2D eigenvalue weighted by Crippen LogP contribution is 2.40. The lowest BCUT2D eigenvalue weighted by molar-refractivity contribution is -0.318. The number of aliphatic hydroxyl groups excluding tert-OH is 3. The molecule has 6 N–H and O–H groups in total. The van der Waals surface area contributed by atoms with Crippen molar-refractivity contribution in [1.29, 1.82) is 0 Å². The summed E-state index contributed by atoms with van der Waals surface area (Å²) < 4.78 is 38.2. The van der Waals surface area contributed by atoms with E-state index in [4.69, 9.17) is 28.4 Å². The highest BCUT2D eigenvalue weighted by molar-refractivity contribution is 5.75. The fourth-order valence-electron chi connectivity index (χ4n) is 11.2. The molecule has 3 fully saturated rings. The Balaban J connectivity index is 1.82. The number of methoxy groups -OCH3 is 1. The van der Waals surface area contributed by atoms with Gasteiger partial charge in [-0.15, -0.1) is 0 Å². The molecule has 438 valence electrons. The van der Waals surface area contributed by atoms with Crippen molar-refractivity contribution < 1.29 is 63.5 Å². The van der Waals surface area contributed by atoms with Crippen LogP contribution in [0.3, 0.4) is 0 Å². The summed E-state index contributed by atoms with van der Waals surface area (Å²) in [5.74, 6) is -2.88. The summed E-state index contributed by atoms with van der Waals surface area (Å²) in [6.45, 7) is 21.0. The first-order valence-corrected chi connectivity index (χ1v) is 28.6. The van der Waals surface area contributed by atoms with Crippen LogP contribution in [0.25, 0.3) is 0 Å². The first-order chi connectivity index (χ1) is 35.8. The Bertz CT molecular complexity index is 1840. The topological polar surface area (TPSA) is 209 Å². The maximum Gasteiger partial charge on any atom is 0.311 e. The number of hydrogen-bond acceptors (Lipinski definition) is 15. The quantitative estimate of drug-likeness (QED) is 0.0311. The monoisotopic (exact) mass is 1080 g/mol. The molecule has 16 nitrogen and oxygen atoms in total. The van der Waals surface area contributed by atoms with E-state index in [0.29, 0.717) is 38.9 Å². The maximum atomic E-state index is 14.6. The van der Waals surface area contributed by atoms with Crippen LogP contribution in [0.5, 0.6) is 0 Å². The number of rotatable bonds is 24. The van der Waals surface area contributed by atoms with Crippen LogP contribution in [0.1, 0.15) is 160 Å². The number of allylic oxidation sites excluding steroid dienone is 10. The Hall–Kier alpha value is -2.84. The van der Waals surface area contributed by atoms with Crippen LogP contribution in [0, 0.1) is 17.8 Å². The smallest absolute Gasteiger partial charge is 0.311 e. The van der Waals surface area contributed by atoms with Gasteiger partial charge in [-0.05, 0) is 139 Å². The van der Waals surface area contributed by atoms with Crippen LogP contribution >= 0.6 is 0 Å². The van der Waals surface area contributed by atoms with E-state index in [2.05, 4.69) is 77.9 Å². The van der Waals surface area contributed by atoms with E-state index >= 15 is 0 Å². The molecular formula is C60H105N3O13. The van der Waals surface area contributed by atoms with Gasteiger partial charge in [0.05, 0.1) is 41.5 Å². The predicted octanol–water partition coefficient (Wildman–Crippen LogP) is 7.70. The van der Waals surface area contributed by atoms with Crippen LogP contribution < -0.4 is 5.32 Å². The van der Waals surface area contributed by atoms with Gasteiger partial charge in [0, 0.05) is 57.6 Å². The Morgan fingerprint density at radius 3 is 1.97 bits per heavy atom. The molecule has 3 aliphatic rings. The third kappa shape index (κ3) is 20.7. The van der Waals surface area contributed by atoms with Crippen molar-refractivity contribution in [2.45, 2.75) is 250 Å². The van der Waals surface area contributed by atoms with Crippen molar-refractivity contribution in [3.05, 3.63) is 60.8 Å². The lowest BCUT2D eigenvalue weighted by Gasteiger charge is -2.48. The number of aliphatic hydroxyl groups is 5. The minimum Gasteiger partial charge on any atom is -0.459 e. The van der Waals surface area contributed by atoms with Crippen LogP contribution in [-0.2, 0) is 38.0 Å². The Morgan fingerprint density at radius 1 is 0.816 bits per heavy atom. The summed E-state index contributed by atoms with van der Waals surface area (Å²) in [5.41, 5.74) is -4.61. The van der Waals surface area contributed by atoms with Gasteiger partial charge in [-0.3, -0.25) is 14.5 Å². The van der Waals surface area contributed by atoms with Gasteiger partial charge in [-0.2, -0.15) is 0 Å². The minimum atomic E-state index is -1.91. The van der Waals surface area contributed by atoms with Gasteiger partial charge in [-0.1, -0.05) is 88.5 Å². The van der Waals surface area contributed by atoms with Crippen molar-refractivity contribution in [2.75, 3.05) is 40.8 Å². The molecule has 0 aliphatic carbocycles. The molecule has 18 atom stereocenters. The molecule has 0 aromatic rings. The molecule has 0 bridgehead atoms. The summed E-state index contributed by atoms with van der Waals surface area (Å²) in [4.78, 5) is 31.5. The van der Waals surface area contributed by atoms with E-state index in [1.165, 1.54) is 14.0 Å². The first-order valence-electron chi connectivity index (χ1n) is 28.6. The van der Waals surface area contributed by atoms with Crippen molar-refractivity contribution in [2.24, 2.45) is 17.8 Å². The molecule has 0 aromatic heterocycles. The third-order valence-corrected chi connectivity index (χ3v) is 15.9. The molecule has 0 radical (unpaired) electrons. The molecule has 3 aliphatic heterocycles. The molecule has 0 spiro atoms. The van der Waals surface area contributed by atoms with Crippen molar-refractivity contribution in [3.63, 3.8) is 0 Å². The zero-order valence-electron chi connectivity index (χ0n) is 49.1. The average molecular weight is 1080 g/mol. The molecule has 3 saturated heterocycles. The zero-order valence-corrected chi connectivity index (χ0v) is 49.1. The molecule has 0 saturated carbocycles. The SMILES string of the molecule is CCC=CCC=CCC=CCC=CCC=CCCCC(=O)NCCCN1C[C@H](C)C[C@@](C)(O)[C@H](O[C@@H]2O[C@H](C)C[C@H](N(C)C)[C@H]2O)[C@@H](C)[C@H](O[C@H]2C[C@@](C)(OC)[C@@H](O)[C@H](C)O2)[C@@H](C)C(=O)O[C@H](CC)[C@@](C)(O)[C@H](O)[C@H]1C. The molecule has 3 rings (SSSR count). The van der Waals surface area contributed by atoms with Gasteiger partial charge in [0.2, 0.25) is 5.91 Å². The molecule has 0 aromatic carbocycles. The van der Waals surface area contributed by atoms with Crippen LogP contribution in [0.2, 0.25) is 0 Å². The summed E-state index contributed by atoms with van der Waals surface area (Å²) in [5, 5.41) is 63.2. The number of ether oxygens (including phenoxy) is 6. The standard InChI is InChI=1S/C60H105N3O13/c1-15-17-18-19-20-21-22-23-24-25-26-27-28-29-30-31-32-34-49(64)61-35-33-36-63-40-41(3)38-58(9,69)55(76-57-51(65)47(62(12)13)37-42(4)72-57)43(5)52(75-50-39-59(10,71-14)54(67)46(8)73-50)44(6)56(68)74-48(16-2)60(11,70)53(66)45(63)7/h17-18,20-21,23-24,26-27,29-30,41-48,50-55,57,65-67,69-70H,15-16,19,22,25,28,31-40H2,1-14H3,(H,61,64)/t41-,42-,43+,44-,45-,46+,47+,48-,50+,51-,52+,53-,54+,55-,57+,58-,59-,60-/m1/s1. The van der Waals surface area contributed by atoms with Gasteiger partial charge in [-0.25, -0.2) is 0 Å². The summed E-state index contributed by atoms with van der Waals surface area (Å²) >= 11 is 0. The molecule has 0 unspecified atom stereocenters. The van der Waals surface area contributed by atoms with Gasteiger partial charge < -0.3 is 64.2 Å². The number of hydrogen-bond donors (Lipinski definition) is 6. The Morgan fingerprint density at radius 2 is 1.41 bits per heavy atom. The van der Waals surface area contributed by atoms with E-state index in [1.54, 1.807) is 34.6 Å². The largest absolute Gasteiger partial charge is 0.459 e. The highest BCUT2D eigenvalue weighted by atomic mass is 16.7. The number of amides is 1. The number of nitrogens with zero attached hydrogens (tertiary/aromatic N) is 2. The molecule has 3 heterocycles. The normalized spacial score (nSPS) is 38.2. The summed E-state index contributed by atoms with van der Waals surface area (Å²) in [6.07, 6.45) is 19.9. The average Bonchev–Trinajstić information content (AvgIpc) is 3.36. The first kappa shape index (κ1) is 67.4. The minimum absolute atomic E-state index is 0.0395. The lowest BCUT2D eigenvalue weighted by Crippen LogP contribution is -2.60. The van der Waals surface area contributed by atoms with Gasteiger partial charge in [0.25, 0.3) is 0 Å². The van der Waals surface area contributed by atoms with Crippen LogP contribution in [0.4, 0.5) is 0 Å². The molecular weight excluding hydrogens is 971 g/mol. The maximum absolute atomic E-state index is 14.6. The second-order valence-electron chi connectivity index (χ2n) is 23.0. The fourth-order valence-corrected chi connectivity index (χ4v) is 11.2. The summed E-state index contributed by atoms with van der Waals surface area (Å²) in [6, 6.07) is -0.976. The highest BCUT2D eigenvalue weighted by Gasteiger charge is 2.53. The Labute approximate surface area is 458 Å². The van der Waals surface area contributed by atoms with Crippen LogP contribution in [-0.4, -0.2) is 178 Å². The van der Waals surface area contributed by atoms with E-state index in [0.717, 1.165) is 44.9 Å². The van der Waals surface area contributed by atoms with Crippen molar-refractivity contribution in [1.82, 2.24) is 15.1 Å². The van der Waals surface area contributed by atoms with Crippen molar-refractivity contribution in [3.8, 4) is 0 Å². The van der Waals surface area contributed by atoms with E-state index in [-0.39, 0.29) is 43.2 Å². The van der Waals surface area contributed by atoms with Crippen molar-refractivity contribution >= 4 is 11.9 Å². The number of esters is 1. The molecule has 16 heteroatoms. The van der Waals surface area contributed by atoms with Crippen LogP contribution in [0.15, 0.2) is 60.8 Å². The predicted molar refractivity (Wildman–Crippen MR) is 299 cm³/mol. The molecule has 76 heavy (non-hydrogen) atoms. The van der Waals surface area contributed by atoms with E-state index in [1.807, 2.05) is 46.7 Å². The number of nitrogens with one attached hydrogen (secondary N) is 1. The zero-order chi connectivity index (χ0) is 56.8. The molecule has 1 amide bonds. The number of unbranched alkanes of at least 4 members (excludes halogenated alkanes) is 1. The van der Waals surface area contributed by atoms with Gasteiger partial charge in [0.1, 0.15) is 30.0 Å². The van der Waals surface area contributed by atoms with E-state index in [9.17, 15) is 35.1 Å². The Kier molecular flexibility index (Phi) is 29.3. The number of carbonyl (C=O) groups is 2. The summed E-state index contributed by atoms with van der Waals surface area (Å²) in [7, 11) is 5.27. The number of cyclic esters (lactones) is 1. The number of carbonyl (C=O) groups excluding carboxylic acids is 2. The number of likely N-dealkylation sites (N-methyl/N-ethyl adjacent to an activating group) is 1. The fraction of sp³-hybridized carbons (Fsp3) is 0.800. The second-order valence-corrected chi connectivity index (χ2v) is 23.0. The van der Waals surface area contributed by atoms with Gasteiger partial charge >= 0.3 is 5.97 Å². The third-order valence-electron chi connectivity index (χ3n) is 15.9.